The second-order valence-corrected chi connectivity index (χ2v) is 24.1. The first-order valence-electron chi connectivity index (χ1n) is 18.9. The van der Waals surface area contributed by atoms with Crippen molar-refractivity contribution in [2.24, 2.45) is 0 Å². The summed E-state index contributed by atoms with van der Waals surface area (Å²) in [6.45, 7) is 18.8. The van der Waals surface area contributed by atoms with E-state index < -0.39 is 88.7 Å². The lowest BCUT2D eigenvalue weighted by Gasteiger charge is -2.51. The molecule has 3 fully saturated rings. The summed E-state index contributed by atoms with van der Waals surface area (Å²) in [6, 6.07) is 6.57. The third kappa shape index (κ3) is 9.17. The van der Waals surface area contributed by atoms with Crippen LogP contribution in [0, 0.1) is 22.7 Å². The Morgan fingerprint density at radius 2 is 1.46 bits per heavy atom. The Labute approximate surface area is 353 Å². The third-order valence-electron chi connectivity index (χ3n) is 10.7. The number of aromatic amines is 1. The fraction of sp³-hybridized carbons (Fsp3) is 0.730. The molecule has 59 heavy (non-hydrogen) atoms. The first kappa shape index (κ1) is 51.8. The highest BCUT2D eigenvalue weighted by molar-refractivity contribution is 6.84. The van der Waals surface area contributed by atoms with Gasteiger partial charge in [0.15, 0.2) is 0 Å². The maximum Gasteiger partial charge on any atom is 0.354 e. The van der Waals surface area contributed by atoms with Gasteiger partial charge in [0.05, 0.1) is 19.8 Å². The molecular formula is C37H61ClN6O13Si2. The van der Waals surface area contributed by atoms with Crippen molar-refractivity contribution in [3.05, 3.63) is 55.8 Å². The largest absolute Gasteiger partial charge is 0.478 e. The van der Waals surface area contributed by atoms with E-state index in [0.29, 0.717) is 6.61 Å². The lowest BCUT2D eigenvalue weighted by molar-refractivity contribution is -0.117. The molecule has 3 saturated heterocycles. The Hall–Kier alpha value is -3.30. The lowest BCUT2D eigenvalue weighted by atomic mass is 10.0. The van der Waals surface area contributed by atoms with Crippen LogP contribution in [0.3, 0.4) is 0 Å². The quantitative estimate of drug-likeness (QED) is 0.274. The van der Waals surface area contributed by atoms with E-state index in [1.807, 2.05) is 4.98 Å². The van der Waals surface area contributed by atoms with Gasteiger partial charge in [-0.1, -0.05) is 62.8 Å². The van der Waals surface area contributed by atoms with Crippen LogP contribution in [0.25, 0.3) is 0 Å². The molecule has 2 aromatic heterocycles. The van der Waals surface area contributed by atoms with E-state index in [9.17, 15) is 30.0 Å². The fourth-order valence-corrected chi connectivity index (χ4v) is 19.1. The van der Waals surface area contributed by atoms with E-state index in [2.05, 4.69) is 66.4 Å². The zero-order chi connectivity index (χ0) is 42.7. The Morgan fingerprint density at radius 1 is 0.915 bits per heavy atom. The van der Waals surface area contributed by atoms with Crippen LogP contribution in [-0.4, -0.2) is 117 Å². The first-order chi connectivity index (χ1) is 26.8. The van der Waals surface area contributed by atoms with Gasteiger partial charge in [0, 0.05) is 38.7 Å². The average Bonchev–Trinajstić information content (AvgIpc) is 3.61. The molecule has 22 heteroatoms. The summed E-state index contributed by atoms with van der Waals surface area (Å²) in [5.41, 5.74) is -5.47. The number of hydrogen-bond donors (Lipinski definition) is 3. The molecule has 0 amide bonds. The number of nitrogens with zero attached hydrogens (tertiary/aromatic N) is 5. The highest BCUT2D eigenvalue weighted by Crippen LogP contribution is 2.49. The number of fused-ring (bicyclic) bond motifs is 1. The normalized spacial score (nSPS) is 29.5. The Morgan fingerprint density at radius 3 is 1.92 bits per heavy atom. The van der Waals surface area contributed by atoms with Crippen molar-refractivity contribution in [3.8, 4) is 18.0 Å². The predicted octanol–water partition coefficient (Wildman–Crippen LogP) is 2.73. The Balaban J connectivity index is 0.000000462. The molecular weight excluding hydrogens is 828 g/mol. The molecule has 0 saturated carbocycles. The van der Waals surface area contributed by atoms with Gasteiger partial charge in [0.1, 0.15) is 48.8 Å². The zero-order valence-electron chi connectivity index (χ0n) is 34.7. The number of aliphatic hydroxyl groups excluding tert-OH is 2. The molecule has 3 aliphatic heterocycles. The molecule has 0 unspecified atom stereocenters. The number of rotatable bonds is 11. The Kier molecular flexibility index (Phi) is 18.0. The van der Waals surface area contributed by atoms with Gasteiger partial charge in [-0.2, -0.15) is 15.5 Å². The molecule has 0 aromatic carbocycles. The maximum atomic E-state index is 13.1. The molecule has 5 rings (SSSR count). The van der Waals surface area contributed by atoms with Crippen molar-refractivity contribution in [3.63, 3.8) is 0 Å². The molecule has 8 atom stereocenters. The van der Waals surface area contributed by atoms with E-state index in [0.717, 1.165) is 16.8 Å². The number of hydrogen-bond acceptors (Lipinski definition) is 16. The van der Waals surface area contributed by atoms with Crippen LogP contribution in [-0.2, 0) is 43.4 Å². The van der Waals surface area contributed by atoms with Crippen LogP contribution in [0.5, 0.6) is 5.88 Å². The van der Waals surface area contributed by atoms with Gasteiger partial charge in [-0.25, -0.2) is 9.59 Å². The van der Waals surface area contributed by atoms with Crippen molar-refractivity contribution < 1.29 is 46.9 Å². The highest BCUT2D eigenvalue weighted by Gasteiger charge is 2.66. The number of nitriles is 2. The average molecular weight is 890 g/mol. The smallest absolute Gasteiger partial charge is 0.354 e. The summed E-state index contributed by atoms with van der Waals surface area (Å²) in [4.78, 5) is 42.0. The molecule has 0 radical (unpaired) electrons. The number of nitrogens with one attached hydrogen (secondary N) is 1. The predicted molar refractivity (Wildman–Crippen MR) is 220 cm³/mol. The summed E-state index contributed by atoms with van der Waals surface area (Å²) in [6.07, 6.45) is -3.32. The molecule has 5 heterocycles. The monoisotopic (exact) mass is 888 g/mol. The summed E-state index contributed by atoms with van der Waals surface area (Å²) >= 11 is 0. The highest BCUT2D eigenvalue weighted by atomic mass is 35.5. The second kappa shape index (κ2) is 20.5. The zero-order valence-corrected chi connectivity index (χ0v) is 37.6. The number of methoxy groups -OCH3 is 2. The van der Waals surface area contributed by atoms with E-state index in [-0.39, 0.29) is 54.5 Å². The third-order valence-corrected chi connectivity index (χ3v) is 21.0. The number of H-pyrrole nitrogens is 1. The van der Waals surface area contributed by atoms with Crippen molar-refractivity contribution >= 4 is 29.5 Å². The van der Waals surface area contributed by atoms with E-state index in [1.54, 1.807) is 13.0 Å². The van der Waals surface area contributed by atoms with E-state index in [4.69, 9.17) is 41.8 Å². The molecule has 3 aliphatic rings. The lowest BCUT2D eigenvalue weighted by Crippen LogP contribution is -2.66. The number of halogens is 1. The van der Waals surface area contributed by atoms with Crippen LogP contribution in [0.1, 0.15) is 69.7 Å². The number of ether oxygens (including phenoxy) is 5. The van der Waals surface area contributed by atoms with Crippen LogP contribution >= 0.6 is 12.4 Å². The fourth-order valence-electron chi connectivity index (χ4n) is 7.94. The molecule has 332 valence electrons. The SMILES string of the molecule is C.CCOc1ccn([C@]2(C#N)O[C@@H]3CO[Si](C(C)C)(C(C)C)O[Si](C(C)C)(C(C)C)O[C@H]3[C@H]2OC)c(=O)n1.CO[C@@H]1[C@H](O)[C@@H](CO)O[C@@]1(C#N)n1ccc(=O)[nH]c1=O.Cl. The summed E-state index contributed by atoms with van der Waals surface area (Å²) < 4.78 is 51.1. The minimum atomic E-state index is -2.99. The van der Waals surface area contributed by atoms with E-state index in [1.165, 1.54) is 31.0 Å². The van der Waals surface area contributed by atoms with Gasteiger partial charge in [0.25, 0.3) is 17.0 Å². The summed E-state index contributed by atoms with van der Waals surface area (Å²) in [7, 11) is -3.06. The number of aromatic nitrogens is 4. The van der Waals surface area contributed by atoms with Gasteiger partial charge < -0.3 is 46.9 Å². The Bertz CT molecular complexity index is 1950. The van der Waals surface area contributed by atoms with E-state index >= 15 is 0 Å². The van der Waals surface area contributed by atoms with Gasteiger partial charge in [-0.3, -0.25) is 18.9 Å². The minimum absolute atomic E-state index is 0. The van der Waals surface area contributed by atoms with Crippen molar-refractivity contribution in [2.45, 2.75) is 140 Å². The van der Waals surface area contributed by atoms with Gasteiger partial charge in [-0.15, -0.1) is 12.4 Å². The molecule has 0 aliphatic carbocycles. The summed E-state index contributed by atoms with van der Waals surface area (Å²) in [5.74, 6) is 0.179. The van der Waals surface area contributed by atoms with Crippen LogP contribution in [0.2, 0.25) is 22.2 Å². The molecule has 0 bridgehead atoms. The van der Waals surface area contributed by atoms with Crippen molar-refractivity contribution in [1.82, 2.24) is 19.1 Å². The van der Waals surface area contributed by atoms with Crippen LogP contribution < -0.4 is 21.7 Å². The molecule has 19 nitrogen and oxygen atoms in total. The van der Waals surface area contributed by atoms with Crippen molar-refractivity contribution in [1.29, 1.82) is 10.5 Å². The van der Waals surface area contributed by atoms with Crippen molar-refractivity contribution in [2.75, 3.05) is 34.0 Å². The molecule has 2 aromatic rings. The van der Waals surface area contributed by atoms with Gasteiger partial charge in [0.2, 0.25) is 5.88 Å². The molecule has 0 spiro atoms. The minimum Gasteiger partial charge on any atom is -0.478 e. The first-order valence-corrected chi connectivity index (χ1v) is 22.9. The van der Waals surface area contributed by atoms with Crippen LogP contribution in [0.4, 0.5) is 0 Å². The maximum absolute atomic E-state index is 13.1. The second-order valence-electron chi connectivity index (χ2n) is 15.3. The number of aliphatic hydroxyl groups is 2. The standard InChI is InChI=1S/C25H43N3O7Si2.C11H13N3O6.CH4.ClH/c1-11-31-21-12-13-28(24(29)27-21)25(15-26)23(30-10)22-20(33-25)14-32-36(16(2)3,17(4)5)35-37(34-22,18(6)7)19(8)9;1-19-9-8(17)6(4-15)20-11(9,5-12)14-3-2-7(16)13-10(14)18;;/h12-13,16-20,22-23H,11,14H2,1-10H3;2-3,6,8-9,15,17H,4H2,1H3,(H,13,16,18);1H4;1H/t20-,22-,23-,25-;6-,8-,9-,11-;;/m11../s1. The van der Waals surface area contributed by atoms with Gasteiger partial charge in [-0.05, 0) is 29.1 Å². The topological polar surface area (TPSA) is 252 Å². The summed E-state index contributed by atoms with van der Waals surface area (Å²) in [5, 5.41) is 39.0. The van der Waals surface area contributed by atoms with Gasteiger partial charge >= 0.3 is 28.5 Å². The molecule has 3 N–H and O–H groups in total. The van der Waals surface area contributed by atoms with Crippen LogP contribution in [0.15, 0.2) is 38.9 Å².